The van der Waals surface area contributed by atoms with Crippen LogP contribution >= 0.6 is 22.9 Å². The van der Waals surface area contributed by atoms with Crippen molar-refractivity contribution in [2.75, 3.05) is 51.4 Å². The number of nitrogens with zero attached hydrogens (tertiary/aromatic N) is 4. The highest BCUT2D eigenvalue weighted by atomic mass is 35.5. The van der Waals surface area contributed by atoms with E-state index in [-0.39, 0.29) is 43.5 Å². The number of nitrogen functional groups attached to an aromatic ring is 1. The topological polar surface area (TPSA) is 101 Å². The van der Waals surface area contributed by atoms with E-state index in [4.69, 9.17) is 22.1 Å². The van der Waals surface area contributed by atoms with Gasteiger partial charge >= 0.3 is 6.01 Å². The summed E-state index contributed by atoms with van der Waals surface area (Å²) >= 11 is 7.60. The van der Waals surface area contributed by atoms with E-state index in [0.29, 0.717) is 36.5 Å². The summed E-state index contributed by atoms with van der Waals surface area (Å²) in [4.78, 5) is 15.4. The highest BCUT2D eigenvalue weighted by molar-refractivity contribution is 7.22. The number of hydrogen-bond acceptors (Lipinski definition) is 9. The van der Waals surface area contributed by atoms with Crippen LogP contribution in [0.25, 0.3) is 32.2 Å². The van der Waals surface area contributed by atoms with Crippen molar-refractivity contribution < 1.29 is 13.5 Å². The lowest BCUT2D eigenvalue weighted by Crippen LogP contribution is -2.31. The zero-order chi connectivity index (χ0) is 25.4. The number of nitrogens with two attached hydrogens (primary N) is 1. The van der Waals surface area contributed by atoms with Crippen molar-refractivity contribution >= 4 is 55.0 Å². The summed E-state index contributed by atoms with van der Waals surface area (Å²) in [5.74, 6) is -0.732. The van der Waals surface area contributed by atoms with Crippen LogP contribution < -0.4 is 21.1 Å². The number of likely N-dealkylation sites (N-methyl/N-ethyl adjacent to an activating group) is 2. The van der Waals surface area contributed by atoms with Crippen LogP contribution in [0.15, 0.2) is 18.2 Å². The van der Waals surface area contributed by atoms with Gasteiger partial charge in [0.05, 0.1) is 15.2 Å². The van der Waals surface area contributed by atoms with Crippen molar-refractivity contribution in [2.45, 2.75) is 18.9 Å². The minimum atomic E-state index is -0.668. The number of anilines is 2. The number of halogens is 3. The standard InChI is InChI=1S/C24H26ClF2N7OS/c1-29-7-8-30-22-14-10-15(25)17(13-5-6-16(26)21-20(13)31-23(28)36-21)18(27)19(14)32-24(33-22)35-11-12-4-3-9-34(12)2/h5-6,10,12,29H,3-4,7-9,11H2,1-2H3,(H2,28,31)(H,30,32,33). The Bertz CT molecular complexity index is 1430. The fraction of sp³-hybridized carbons (Fsp3) is 0.375. The molecule has 0 bridgehead atoms. The van der Waals surface area contributed by atoms with Crippen molar-refractivity contribution in [1.82, 2.24) is 25.2 Å². The van der Waals surface area contributed by atoms with Gasteiger partial charge in [-0.3, -0.25) is 0 Å². The smallest absolute Gasteiger partial charge is 0.319 e. The predicted octanol–water partition coefficient (Wildman–Crippen LogP) is 4.52. The lowest BCUT2D eigenvalue weighted by Gasteiger charge is -2.19. The van der Waals surface area contributed by atoms with Crippen molar-refractivity contribution in [2.24, 2.45) is 0 Å². The first-order chi connectivity index (χ1) is 17.4. The van der Waals surface area contributed by atoms with Gasteiger partial charge < -0.3 is 26.0 Å². The van der Waals surface area contributed by atoms with Gasteiger partial charge in [0.25, 0.3) is 0 Å². The highest BCUT2D eigenvalue weighted by Gasteiger charge is 2.25. The predicted molar refractivity (Wildman–Crippen MR) is 141 cm³/mol. The lowest BCUT2D eigenvalue weighted by molar-refractivity contribution is 0.188. The zero-order valence-corrected chi connectivity index (χ0v) is 21.4. The lowest BCUT2D eigenvalue weighted by atomic mass is 10.0. The first-order valence-corrected chi connectivity index (χ1v) is 12.8. The molecule has 0 radical (unpaired) electrons. The second kappa shape index (κ2) is 10.3. The summed E-state index contributed by atoms with van der Waals surface area (Å²) in [6, 6.07) is 4.64. The molecular weight excluding hydrogens is 508 g/mol. The molecule has 0 spiro atoms. The minimum Gasteiger partial charge on any atom is -0.462 e. The molecule has 0 saturated carbocycles. The van der Waals surface area contributed by atoms with Crippen LogP contribution in [0.4, 0.5) is 19.7 Å². The number of aromatic nitrogens is 3. The van der Waals surface area contributed by atoms with E-state index in [1.165, 1.54) is 12.1 Å². The van der Waals surface area contributed by atoms with Gasteiger partial charge in [-0.2, -0.15) is 9.97 Å². The summed E-state index contributed by atoms with van der Waals surface area (Å²) in [5, 5.41) is 6.99. The molecule has 1 aliphatic heterocycles. The molecule has 1 unspecified atom stereocenters. The molecule has 4 N–H and O–H groups in total. The van der Waals surface area contributed by atoms with Gasteiger partial charge in [-0.15, -0.1) is 0 Å². The van der Waals surface area contributed by atoms with Crippen molar-refractivity contribution in [3.05, 3.63) is 34.9 Å². The van der Waals surface area contributed by atoms with Gasteiger partial charge in [0.1, 0.15) is 23.8 Å². The Kier molecular flexibility index (Phi) is 7.07. The first kappa shape index (κ1) is 24.8. The van der Waals surface area contributed by atoms with E-state index in [2.05, 4.69) is 37.5 Å². The van der Waals surface area contributed by atoms with Crippen LogP contribution in [-0.4, -0.2) is 66.2 Å². The van der Waals surface area contributed by atoms with Crippen LogP contribution in [0.2, 0.25) is 5.02 Å². The second-order valence-corrected chi connectivity index (χ2v) is 10.2. The first-order valence-electron chi connectivity index (χ1n) is 11.6. The van der Waals surface area contributed by atoms with E-state index in [9.17, 15) is 4.39 Å². The molecule has 1 atom stereocenters. The minimum absolute atomic E-state index is 0.0480. The monoisotopic (exact) mass is 533 g/mol. The summed E-state index contributed by atoms with van der Waals surface area (Å²) in [6.45, 7) is 2.62. The van der Waals surface area contributed by atoms with Gasteiger partial charge in [-0.1, -0.05) is 22.9 Å². The van der Waals surface area contributed by atoms with Gasteiger partial charge in [0, 0.05) is 35.6 Å². The molecule has 1 saturated heterocycles. The fourth-order valence-electron chi connectivity index (χ4n) is 4.48. The van der Waals surface area contributed by atoms with Crippen molar-refractivity contribution in [3.63, 3.8) is 0 Å². The number of thiazole rings is 1. The van der Waals surface area contributed by atoms with Gasteiger partial charge in [-0.25, -0.2) is 13.8 Å². The maximum absolute atomic E-state index is 16.2. The fourth-order valence-corrected chi connectivity index (χ4v) is 5.54. The van der Waals surface area contributed by atoms with Gasteiger partial charge in [-0.05, 0) is 51.7 Å². The van der Waals surface area contributed by atoms with E-state index < -0.39 is 11.6 Å². The molecule has 5 rings (SSSR count). The Morgan fingerprint density at radius 2 is 2.06 bits per heavy atom. The van der Waals surface area contributed by atoms with E-state index in [0.717, 1.165) is 30.7 Å². The Labute approximate surface area is 215 Å². The van der Waals surface area contributed by atoms with Crippen LogP contribution in [-0.2, 0) is 0 Å². The number of hydrogen-bond donors (Lipinski definition) is 3. The molecule has 3 heterocycles. The largest absolute Gasteiger partial charge is 0.462 e. The Morgan fingerprint density at radius 1 is 1.22 bits per heavy atom. The molecule has 8 nitrogen and oxygen atoms in total. The Morgan fingerprint density at radius 3 is 2.81 bits per heavy atom. The van der Waals surface area contributed by atoms with Gasteiger partial charge in [0.15, 0.2) is 10.9 Å². The molecule has 2 aromatic heterocycles. The molecule has 1 aliphatic rings. The molecule has 0 amide bonds. The molecule has 1 fully saturated rings. The maximum atomic E-state index is 16.2. The third-order valence-electron chi connectivity index (χ3n) is 6.39. The van der Waals surface area contributed by atoms with E-state index in [1.54, 1.807) is 6.07 Å². The highest BCUT2D eigenvalue weighted by Crippen LogP contribution is 2.42. The molecular formula is C24H26ClF2N7OS. The third kappa shape index (κ3) is 4.63. The number of rotatable bonds is 8. The average molecular weight is 534 g/mol. The number of likely N-dealkylation sites (tertiary alicyclic amines) is 1. The van der Waals surface area contributed by atoms with Crippen LogP contribution in [0.3, 0.4) is 0 Å². The van der Waals surface area contributed by atoms with Crippen LogP contribution in [0.5, 0.6) is 6.01 Å². The molecule has 36 heavy (non-hydrogen) atoms. The summed E-state index contributed by atoms with van der Waals surface area (Å²) in [6.07, 6.45) is 2.12. The molecule has 12 heteroatoms. The average Bonchev–Trinajstić information content (AvgIpc) is 3.45. The second-order valence-electron chi connectivity index (χ2n) is 8.74. The normalized spacial score (nSPS) is 16.3. The molecule has 2 aromatic carbocycles. The molecule has 190 valence electrons. The van der Waals surface area contributed by atoms with Gasteiger partial charge in [0.2, 0.25) is 0 Å². The summed E-state index contributed by atoms with van der Waals surface area (Å²) in [7, 11) is 3.89. The number of fused-ring (bicyclic) bond motifs is 2. The van der Waals surface area contributed by atoms with Crippen molar-refractivity contribution in [3.8, 4) is 17.1 Å². The van der Waals surface area contributed by atoms with E-state index in [1.807, 2.05) is 7.05 Å². The number of benzene rings is 2. The third-order valence-corrected chi connectivity index (χ3v) is 7.58. The summed E-state index contributed by atoms with van der Waals surface area (Å²) in [5.41, 5.74) is 6.53. The Hall–Kier alpha value is -2.86. The Balaban J connectivity index is 1.63. The SMILES string of the molecule is CNCCNc1nc(OCC2CCCN2C)nc2c(F)c(-c3ccc(F)c4sc(N)nc34)c(Cl)cc12. The maximum Gasteiger partial charge on any atom is 0.319 e. The quantitative estimate of drug-likeness (QED) is 0.284. The van der Waals surface area contributed by atoms with Crippen LogP contribution in [0, 0.1) is 11.6 Å². The van der Waals surface area contributed by atoms with E-state index >= 15 is 4.39 Å². The zero-order valence-electron chi connectivity index (χ0n) is 19.9. The number of nitrogens with one attached hydrogen (secondary N) is 2. The summed E-state index contributed by atoms with van der Waals surface area (Å²) < 4.78 is 36.7. The molecule has 0 aliphatic carbocycles. The van der Waals surface area contributed by atoms with Crippen molar-refractivity contribution in [1.29, 1.82) is 0 Å². The van der Waals surface area contributed by atoms with Crippen LogP contribution in [0.1, 0.15) is 12.8 Å². The number of ether oxygens (including phenoxy) is 1. The molecule has 4 aromatic rings.